The molecular formula is C8H6BrNOS. The summed E-state index contributed by atoms with van der Waals surface area (Å²) in [6, 6.07) is 5.37. The molecule has 2 nitrogen and oxygen atoms in total. The molecule has 1 aromatic heterocycles. The molecule has 0 aliphatic carbocycles. The maximum Gasteiger partial charge on any atom is 0.126 e. The molecule has 3 N–H and O–H groups in total. The number of benzene rings is 1. The topological polar surface area (TPSA) is 46.2 Å². The average molecular weight is 244 g/mol. The molecule has 0 radical (unpaired) electrons. The fourth-order valence-corrected chi connectivity index (χ4v) is 2.71. The van der Waals surface area contributed by atoms with Gasteiger partial charge in [0.15, 0.2) is 0 Å². The van der Waals surface area contributed by atoms with Crippen molar-refractivity contribution in [1.82, 2.24) is 0 Å². The van der Waals surface area contributed by atoms with Gasteiger partial charge in [-0.3, -0.25) is 0 Å². The van der Waals surface area contributed by atoms with E-state index in [2.05, 4.69) is 15.9 Å². The molecule has 0 atom stereocenters. The third-order valence-corrected chi connectivity index (χ3v) is 3.56. The van der Waals surface area contributed by atoms with Gasteiger partial charge in [-0.25, -0.2) is 0 Å². The summed E-state index contributed by atoms with van der Waals surface area (Å²) in [7, 11) is 0. The number of hydrogen-bond donors (Lipinski definition) is 2. The average Bonchev–Trinajstić information content (AvgIpc) is 2.29. The number of rotatable bonds is 0. The number of aromatic hydroxyl groups is 1. The van der Waals surface area contributed by atoms with Gasteiger partial charge in [0, 0.05) is 4.70 Å². The van der Waals surface area contributed by atoms with Gasteiger partial charge in [-0.05, 0) is 28.1 Å². The van der Waals surface area contributed by atoms with Crippen molar-refractivity contribution < 1.29 is 5.11 Å². The Balaban J connectivity index is 2.97. The lowest BCUT2D eigenvalue weighted by molar-refractivity contribution is 0.482. The van der Waals surface area contributed by atoms with Crippen molar-refractivity contribution in [3.8, 4) is 5.75 Å². The van der Waals surface area contributed by atoms with Crippen LogP contribution in [0, 0.1) is 0 Å². The van der Waals surface area contributed by atoms with Gasteiger partial charge in [0.05, 0.1) is 14.9 Å². The zero-order valence-corrected chi connectivity index (χ0v) is 8.45. The molecule has 2 rings (SSSR count). The molecule has 4 heteroatoms. The number of hydrogen-bond acceptors (Lipinski definition) is 3. The van der Waals surface area contributed by atoms with Crippen LogP contribution in [0.5, 0.6) is 5.75 Å². The largest absolute Gasteiger partial charge is 0.507 e. The van der Waals surface area contributed by atoms with Gasteiger partial charge in [0.1, 0.15) is 5.75 Å². The quantitative estimate of drug-likeness (QED) is 0.748. The maximum absolute atomic E-state index is 9.47. The Labute approximate surface area is 81.8 Å². The van der Waals surface area contributed by atoms with Crippen LogP contribution in [-0.2, 0) is 0 Å². The molecule has 1 heterocycles. The summed E-state index contributed by atoms with van der Waals surface area (Å²) in [5, 5.41) is 10.2. The number of fused-ring (bicyclic) bond motifs is 1. The smallest absolute Gasteiger partial charge is 0.126 e. The zero-order chi connectivity index (χ0) is 8.72. The summed E-state index contributed by atoms with van der Waals surface area (Å²) in [6.07, 6.45) is 0. The van der Waals surface area contributed by atoms with Crippen LogP contribution >= 0.6 is 27.3 Å². The normalized spacial score (nSPS) is 10.8. The van der Waals surface area contributed by atoms with E-state index in [1.165, 1.54) is 11.3 Å². The molecule has 0 fully saturated rings. The molecule has 0 amide bonds. The van der Waals surface area contributed by atoms with E-state index in [-0.39, 0.29) is 5.75 Å². The summed E-state index contributed by atoms with van der Waals surface area (Å²) < 4.78 is 1.87. The Hall–Kier alpha value is -0.740. The molecule has 62 valence electrons. The third kappa shape index (κ3) is 0.990. The second kappa shape index (κ2) is 2.64. The molecule has 1 aromatic carbocycles. The molecule has 12 heavy (non-hydrogen) atoms. The van der Waals surface area contributed by atoms with Gasteiger partial charge in [0.2, 0.25) is 0 Å². The van der Waals surface area contributed by atoms with Gasteiger partial charge in [-0.15, -0.1) is 11.3 Å². The van der Waals surface area contributed by atoms with Crippen molar-refractivity contribution in [2.45, 2.75) is 0 Å². The lowest BCUT2D eigenvalue weighted by Gasteiger charge is -1.94. The Morgan fingerprint density at radius 3 is 2.83 bits per heavy atom. The monoisotopic (exact) mass is 243 g/mol. The number of thiophene rings is 1. The van der Waals surface area contributed by atoms with E-state index in [0.29, 0.717) is 5.69 Å². The lowest BCUT2D eigenvalue weighted by atomic mass is 10.2. The first-order valence-corrected chi connectivity index (χ1v) is 4.96. The highest BCUT2D eigenvalue weighted by molar-refractivity contribution is 9.11. The Bertz CT molecular complexity index is 438. The maximum atomic E-state index is 9.47. The molecule has 0 saturated carbocycles. The molecule has 0 spiro atoms. The second-order valence-corrected chi connectivity index (χ2v) is 4.81. The Morgan fingerprint density at radius 1 is 1.42 bits per heavy atom. The van der Waals surface area contributed by atoms with E-state index in [1.807, 2.05) is 6.07 Å². The van der Waals surface area contributed by atoms with Gasteiger partial charge < -0.3 is 10.8 Å². The van der Waals surface area contributed by atoms with E-state index in [0.717, 1.165) is 13.9 Å². The third-order valence-electron chi connectivity index (χ3n) is 1.68. The molecule has 0 unspecified atom stereocenters. The molecule has 0 aliphatic heterocycles. The van der Waals surface area contributed by atoms with Crippen molar-refractivity contribution in [1.29, 1.82) is 0 Å². The summed E-state index contributed by atoms with van der Waals surface area (Å²) >= 11 is 4.85. The van der Waals surface area contributed by atoms with Crippen LogP contribution in [-0.4, -0.2) is 5.11 Å². The molecule has 0 aliphatic rings. The van der Waals surface area contributed by atoms with Gasteiger partial charge >= 0.3 is 0 Å². The first-order chi connectivity index (χ1) is 5.70. The first kappa shape index (κ1) is 7.89. The fraction of sp³-hybridized carbons (Fsp3) is 0. The highest BCUT2D eigenvalue weighted by Crippen LogP contribution is 2.41. The summed E-state index contributed by atoms with van der Waals surface area (Å²) in [5.74, 6) is 0.243. The number of anilines is 1. The molecule has 2 aromatic rings. The van der Waals surface area contributed by atoms with Gasteiger partial charge in [-0.2, -0.15) is 0 Å². The van der Waals surface area contributed by atoms with Crippen molar-refractivity contribution >= 4 is 43.0 Å². The van der Waals surface area contributed by atoms with E-state index in [9.17, 15) is 5.11 Å². The van der Waals surface area contributed by atoms with Crippen LogP contribution in [0.3, 0.4) is 0 Å². The minimum absolute atomic E-state index is 0.243. The highest BCUT2D eigenvalue weighted by Gasteiger charge is 2.09. The number of phenolic OH excluding ortho intramolecular Hbond substituents is 1. The predicted molar refractivity (Wildman–Crippen MR) is 55.6 cm³/mol. The highest BCUT2D eigenvalue weighted by atomic mass is 79.9. The molecular weight excluding hydrogens is 238 g/mol. The molecule has 0 bridgehead atoms. The zero-order valence-electron chi connectivity index (χ0n) is 6.04. The number of halogens is 1. The van der Waals surface area contributed by atoms with Gasteiger partial charge in [0.25, 0.3) is 0 Å². The second-order valence-electron chi connectivity index (χ2n) is 2.44. The summed E-state index contributed by atoms with van der Waals surface area (Å²) in [5.41, 5.74) is 6.36. The Morgan fingerprint density at radius 2 is 2.17 bits per heavy atom. The number of phenols is 1. The van der Waals surface area contributed by atoms with Crippen molar-refractivity contribution in [3.63, 3.8) is 0 Å². The van der Waals surface area contributed by atoms with Crippen molar-refractivity contribution in [2.24, 2.45) is 0 Å². The fourth-order valence-electron chi connectivity index (χ4n) is 1.13. The van der Waals surface area contributed by atoms with E-state index < -0.39 is 0 Å². The van der Waals surface area contributed by atoms with E-state index in [4.69, 9.17) is 5.73 Å². The predicted octanol–water partition coefficient (Wildman–Crippen LogP) is 2.95. The van der Waals surface area contributed by atoms with Crippen LogP contribution < -0.4 is 5.73 Å². The van der Waals surface area contributed by atoms with Crippen LogP contribution in [0.2, 0.25) is 0 Å². The van der Waals surface area contributed by atoms with Crippen LogP contribution in [0.1, 0.15) is 0 Å². The van der Waals surface area contributed by atoms with Crippen molar-refractivity contribution in [3.05, 3.63) is 22.0 Å². The summed E-state index contributed by atoms with van der Waals surface area (Å²) in [4.78, 5) is 0. The minimum atomic E-state index is 0.243. The Kier molecular flexibility index (Phi) is 1.73. The number of nitrogens with two attached hydrogens (primary N) is 1. The van der Waals surface area contributed by atoms with Crippen LogP contribution in [0.4, 0.5) is 5.69 Å². The summed E-state index contributed by atoms with van der Waals surface area (Å²) in [6.45, 7) is 0. The first-order valence-electron chi connectivity index (χ1n) is 3.35. The van der Waals surface area contributed by atoms with Crippen molar-refractivity contribution in [2.75, 3.05) is 5.73 Å². The lowest BCUT2D eigenvalue weighted by Crippen LogP contribution is -1.81. The van der Waals surface area contributed by atoms with E-state index >= 15 is 0 Å². The molecule has 0 saturated heterocycles. The van der Waals surface area contributed by atoms with E-state index in [1.54, 1.807) is 12.1 Å². The number of nitrogen functional groups attached to an aromatic ring is 1. The van der Waals surface area contributed by atoms with Crippen LogP contribution in [0.15, 0.2) is 22.0 Å². The minimum Gasteiger partial charge on any atom is -0.507 e. The standard InChI is InChI=1S/C8H6BrNOS/c9-8-7(10)6-4(11)2-1-3-5(6)12-8/h1-3,11H,10H2. The SMILES string of the molecule is Nc1c(Br)sc2cccc(O)c12. The van der Waals surface area contributed by atoms with Crippen LogP contribution in [0.25, 0.3) is 10.1 Å². The van der Waals surface area contributed by atoms with Gasteiger partial charge in [-0.1, -0.05) is 6.07 Å².